The maximum atomic E-state index is 12.4. The van der Waals surface area contributed by atoms with Crippen molar-refractivity contribution in [1.82, 2.24) is 14.7 Å². The highest BCUT2D eigenvalue weighted by Crippen LogP contribution is 2.17. The minimum atomic E-state index is -2.96. The second-order valence-corrected chi connectivity index (χ2v) is 8.78. The fraction of sp³-hybridized carbons (Fsp3) is 0.929. The Bertz CT molecular complexity index is 494. The van der Waals surface area contributed by atoms with E-state index in [1.165, 1.54) is 0 Å². The van der Waals surface area contributed by atoms with Gasteiger partial charge in [-0.2, -0.15) is 0 Å². The summed E-state index contributed by atoms with van der Waals surface area (Å²) in [6.07, 6.45) is 0.672. The van der Waals surface area contributed by atoms with Crippen LogP contribution in [0.5, 0.6) is 0 Å². The van der Waals surface area contributed by atoms with Crippen molar-refractivity contribution in [2.24, 2.45) is 0 Å². The molecular weight excluding hydrogens is 306 g/mol. The minimum absolute atomic E-state index is 0.00685. The Morgan fingerprint density at radius 2 is 2.05 bits per heavy atom. The van der Waals surface area contributed by atoms with Crippen LogP contribution in [0.4, 0.5) is 0 Å². The molecule has 2 saturated heterocycles. The summed E-state index contributed by atoms with van der Waals surface area (Å²) in [5.74, 6) is 0.284. The van der Waals surface area contributed by atoms with Gasteiger partial charge >= 0.3 is 0 Å². The van der Waals surface area contributed by atoms with Gasteiger partial charge in [-0.15, -0.1) is 0 Å². The van der Waals surface area contributed by atoms with E-state index in [4.69, 9.17) is 4.74 Å². The molecule has 0 unspecified atom stereocenters. The van der Waals surface area contributed by atoms with E-state index < -0.39 is 9.84 Å². The molecular formula is C14H27N3O4S. The first-order chi connectivity index (χ1) is 10.3. The smallest absolute Gasteiger partial charge is 0.236 e. The number of likely N-dealkylation sites (N-methyl/N-ethyl adjacent to an activating group) is 2. The van der Waals surface area contributed by atoms with Crippen LogP contribution in [-0.4, -0.2) is 107 Å². The molecule has 0 saturated carbocycles. The van der Waals surface area contributed by atoms with E-state index in [-0.39, 0.29) is 29.6 Å². The lowest BCUT2D eigenvalue weighted by atomic mass is 10.2. The first-order valence-corrected chi connectivity index (χ1v) is 9.54. The van der Waals surface area contributed by atoms with E-state index >= 15 is 0 Å². The SMILES string of the molecule is CN(C)C[C@H]1CN(CC(=O)N(C)[C@@H]2CCS(=O)(=O)C2)CCO1. The molecule has 1 amide bonds. The van der Waals surface area contributed by atoms with Crippen molar-refractivity contribution in [2.45, 2.75) is 18.6 Å². The molecule has 128 valence electrons. The third-order valence-corrected chi connectivity index (χ3v) is 6.05. The maximum Gasteiger partial charge on any atom is 0.236 e. The molecule has 2 heterocycles. The van der Waals surface area contributed by atoms with Crippen molar-refractivity contribution in [3.63, 3.8) is 0 Å². The molecule has 2 fully saturated rings. The third-order valence-electron chi connectivity index (χ3n) is 4.30. The van der Waals surface area contributed by atoms with Gasteiger partial charge < -0.3 is 14.5 Å². The normalized spacial score (nSPS) is 28.9. The van der Waals surface area contributed by atoms with Gasteiger partial charge in [0, 0.05) is 32.7 Å². The van der Waals surface area contributed by atoms with Gasteiger partial charge in [-0.05, 0) is 20.5 Å². The number of nitrogens with zero attached hydrogens (tertiary/aromatic N) is 3. The van der Waals surface area contributed by atoms with Gasteiger partial charge in [-0.3, -0.25) is 9.69 Å². The average molecular weight is 333 g/mol. The van der Waals surface area contributed by atoms with Gasteiger partial charge in [-0.25, -0.2) is 8.42 Å². The van der Waals surface area contributed by atoms with Crippen LogP contribution in [0.1, 0.15) is 6.42 Å². The van der Waals surface area contributed by atoms with Crippen LogP contribution in [0.2, 0.25) is 0 Å². The predicted octanol–water partition coefficient (Wildman–Crippen LogP) is -1.11. The number of carbonyl (C=O) groups is 1. The summed E-state index contributed by atoms with van der Waals surface area (Å²) < 4.78 is 28.8. The first-order valence-electron chi connectivity index (χ1n) is 7.71. The summed E-state index contributed by atoms with van der Waals surface area (Å²) in [6, 6.07) is -0.170. The van der Waals surface area contributed by atoms with Crippen LogP contribution in [0.15, 0.2) is 0 Å². The van der Waals surface area contributed by atoms with E-state index in [0.29, 0.717) is 19.6 Å². The Morgan fingerprint density at radius 3 is 2.64 bits per heavy atom. The van der Waals surface area contributed by atoms with Crippen LogP contribution in [0.3, 0.4) is 0 Å². The highest BCUT2D eigenvalue weighted by molar-refractivity contribution is 7.91. The third kappa shape index (κ3) is 4.91. The first kappa shape index (κ1) is 17.7. The van der Waals surface area contributed by atoms with E-state index in [9.17, 15) is 13.2 Å². The number of ether oxygens (including phenoxy) is 1. The lowest BCUT2D eigenvalue weighted by Gasteiger charge is -2.35. The van der Waals surface area contributed by atoms with Crippen molar-refractivity contribution in [3.05, 3.63) is 0 Å². The highest BCUT2D eigenvalue weighted by atomic mass is 32.2. The Kier molecular flexibility index (Phi) is 5.81. The zero-order valence-corrected chi connectivity index (χ0v) is 14.5. The van der Waals surface area contributed by atoms with Crippen LogP contribution in [-0.2, 0) is 19.4 Å². The Labute approximate surface area is 133 Å². The summed E-state index contributed by atoms with van der Waals surface area (Å²) >= 11 is 0. The molecule has 0 aromatic rings. The van der Waals surface area contributed by atoms with Gasteiger partial charge in [0.25, 0.3) is 0 Å². The lowest BCUT2D eigenvalue weighted by Crippen LogP contribution is -2.51. The van der Waals surface area contributed by atoms with Crippen LogP contribution in [0, 0.1) is 0 Å². The molecule has 0 radical (unpaired) electrons. The van der Waals surface area contributed by atoms with Gasteiger partial charge in [-0.1, -0.05) is 0 Å². The second-order valence-electron chi connectivity index (χ2n) is 6.55. The van der Waals surface area contributed by atoms with Crippen molar-refractivity contribution < 1.29 is 17.9 Å². The minimum Gasteiger partial charge on any atom is -0.374 e. The number of hydrogen-bond donors (Lipinski definition) is 0. The molecule has 2 rings (SSSR count). The average Bonchev–Trinajstić information content (AvgIpc) is 2.77. The van der Waals surface area contributed by atoms with Crippen molar-refractivity contribution in [3.8, 4) is 0 Å². The second kappa shape index (κ2) is 7.25. The standard InChI is InChI=1S/C14H27N3O4S/c1-15(2)8-13-9-17(5-6-21-13)10-14(18)16(3)12-4-7-22(19,20)11-12/h12-13H,4-11H2,1-3H3/t12-,13+/m1/s1. The number of morpholine rings is 1. The quantitative estimate of drug-likeness (QED) is 0.636. The molecule has 7 nitrogen and oxygen atoms in total. The van der Waals surface area contributed by atoms with Gasteiger partial charge in [0.05, 0.1) is 30.8 Å². The molecule has 2 aliphatic rings. The molecule has 2 atom stereocenters. The van der Waals surface area contributed by atoms with E-state index in [0.717, 1.165) is 19.6 Å². The number of carbonyl (C=O) groups excluding carboxylic acids is 1. The lowest BCUT2D eigenvalue weighted by molar-refractivity contribution is -0.134. The van der Waals surface area contributed by atoms with Gasteiger partial charge in [0.2, 0.25) is 5.91 Å². The van der Waals surface area contributed by atoms with E-state index in [1.807, 2.05) is 14.1 Å². The van der Waals surface area contributed by atoms with E-state index in [1.54, 1.807) is 11.9 Å². The van der Waals surface area contributed by atoms with Crippen LogP contribution < -0.4 is 0 Å². The summed E-state index contributed by atoms with van der Waals surface area (Å²) in [6.45, 7) is 3.28. The summed E-state index contributed by atoms with van der Waals surface area (Å²) in [7, 11) is 2.76. The number of amides is 1. The van der Waals surface area contributed by atoms with Gasteiger partial charge in [0.1, 0.15) is 0 Å². The largest absolute Gasteiger partial charge is 0.374 e. The molecule has 0 spiro atoms. The molecule has 0 aliphatic carbocycles. The molecule has 22 heavy (non-hydrogen) atoms. The van der Waals surface area contributed by atoms with Crippen molar-refractivity contribution in [2.75, 3.05) is 65.4 Å². The van der Waals surface area contributed by atoms with Crippen LogP contribution >= 0.6 is 0 Å². The highest BCUT2D eigenvalue weighted by Gasteiger charge is 2.33. The van der Waals surface area contributed by atoms with Crippen molar-refractivity contribution >= 4 is 15.7 Å². The van der Waals surface area contributed by atoms with Crippen molar-refractivity contribution in [1.29, 1.82) is 0 Å². The maximum absolute atomic E-state index is 12.4. The summed E-state index contributed by atoms with van der Waals surface area (Å²) in [5.41, 5.74) is 0. The van der Waals surface area contributed by atoms with Crippen LogP contribution in [0.25, 0.3) is 0 Å². The predicted molar refractivity (Wildman–Crippen MR) is 84.6 cm³/mol. The Hall–Kier alpha value is -0.700. The number of sulfone groups is 1. The molecule has 8 heteroatoms. The zero-order valence-electron chi connectivity index (χ0n) is 13.7. The molecule has 2 aliphatic heterocycles. The molecule has 0 aromatic heterocycles. The van der Waals surface area contributed by atoms with Gasteiger partial charge in [0.15, 0.2) is 9.84 Å². The molecule has 0 N–H and O–H groups in total. The van der Waals surface area contributed by atoms with E-state index in [2.05, 4.69) is 9.80 Å². The fourth-order valence-electron chi connectivity index (χ4n) is 3.03. The monoisotopic (exact) mass is 333 g/mol. The zero-order chi connectivity index (χ0) is 16.3. The topological polar surface area (TPSA) is 70.2 Å². The summed E-state index contributed by atoms with van der Waals surface area (Å²) in [4.78, 5) is 18.2. The molecule has 0 aromatic carbocycles. The number of hydrogen-bond acceptors (Lipinski definition) is 6. The fourth-order valence-corrected chi connectivity index (χ4v) is 4.80. The number of rotatable bonds is 5. The molecule has 0 bridgehead atoms. The Morgan fingerprint density at radius 1 is 1.32 bits per heavy atom. The Balaban J connectivity index is 1.83. The summed E-state index contributed by atoms with van der Waals surface area (Å²) in [5, 5.41) is 0.